The van der Waals surface area contributed by atoms with E-state index in [1.54, 1.807) is 9.36 Å². The molecule has 43 heavy (non-hydrogen) atoms. The zero-order valence-corrected chi connectivity index (χ0v) is 34.4. The molecule has 0 fully saturated rings. The van der Waals surface area contributed by atoms with Gasteiger partial charge in [-0.3, -0.25) is 19.2 Å². The van der Waals surface area contributed by atoms with Gasteiger partial charge < -0.3 is 44.3 Å². The largest absolute Gasteiger partial charge is 1.00 e. The molecule has 2 rings (SSSR count). The van der Waals surface area contributed by atoms with Crippen molar-refractivity contribution >= 4 is 23.9 Å². The second-order valence-electron chi connectivity index (χ2n) is 9.15. The van der Waals surface area contributed by atoms with Gasteiger partial charge in [0.1, 0.15) is 0 Å². The van der Waals surface area contributed by atoms with Crippen molar-refractivity contribution in [2.24, 2.45) is 0 Å². The maximum atomic E-state index is 10.9. The summed E-state index contributed by atoms with van der Waals surface area (Å²) in [6, 6.07) is 0. The summed E-state index contributed by atoms with van der Waals surface area (Å²) in [4.78, 5) is 46.0. The summed E-state index contributed by atoms with van der Waals surface area (Å²) in [5.41, 5.74) is 4.68. The maximum absolute atomic E-state index is 10.9. The second-order valence-corrected chi connectivity index (χ2v) is 9.15. The Hall–Kier alpha value is 0.180. The average Bonchev–Trinajstić information content (AvgIpc) is 3.23. The molecule has 0 bridgehead atoms. The molecule has 0 aliphatic carbocycles. The monoisotopic (exact) mass is 640 g/mol. The van der Waals surface area contributed by atoms with E-state index in [9.17, 15) is 39.6 Å². The molecule has 0 spiro atoms. The molecule has 0 saturated carbocycles. The summed E-state index contributed by atoms with van der Waals surface area (Å²) in [6.07, 6.45) is 0. The Morgan fingerprint density at radius 1 is 0.605 bits per heavy atom. The van der Waals surface area contributed by atoms with Gasteiger partial charge in [-0.05, 0) is 27.7 Å². The molecular formula is C24H32N6Na4O9. The van der Waals surface area contributed by atoms with Gasteiger partial charge >= 0.3 is 118 Å². The first-order valence-corrected chi connectivity index (χ1v) is 12.2. The van der Waals surface area contributed by atoms with Gasteiger partial charge in [0.05, 0.1) is 61.6 Å². The van der Waals surface area contributed by atoms with Crippen molar-refractivity contribution in [3.8, 4) is 0 Å². The van der Waals surface area contributed by atoms with E-state index < -0.39 is 50.1 Å². The number of hydrogen-bond acceptors (Lipinski definition) is 13. The van der Waals surface area contributed by atoms with Crippen LogP contribution < -0.4 is 139 Å². The Morgan fingerprint density at radius 2 is 0.884 bits per heavy atom. The normalized spacial score (nSPS) is 10.4. The second kappa shape index (κ2) is 23.5. The standard InChI is InChI=1S/C24H36N6O9.4Na/c1-15-19(17(3)29(25-15)7-5-27(9-21(31)32)10-22(33)34)13-39-14-20-16(2)26-30(18(20)4)8-6-28(11-23(35)36)12-24(37)38;;;;/h5-14H2,1-4H3,(H,31,32)(H,33,34)(H,35,36)(H,37,38);;;;/q;4*+1/p-4. The number of aryl methyl sites for hydroxylation is 2. The van der Waals surface area contributed by atoms with Crippen molar-refractivity contribution in [1.29, 1.82) is 0 Å². The van der Waals surface area contributed by atoms with E-state index in [0.717, 1.165) is 22.5 Å². The van der Waals surface area contributed by atoms with Crippen LogP contribution in [0.25, 0.3) is 0 Å². The van der Waals surface area contributed by atoms with E-state index >= 15 is 0 Å². The van der Waals surface area contributed by atoms with E-state index in [2.05, 4.69) is 10.2 Å². The zero-order valence-electron chi connectivity index (χ0n) is 26.4. The van der Waals surface area contributed by atoms with Gasteiger partial charge in [-0.25, -0.2) is 0 Å². The van der Waals surface area contributed by atoms with Gasteiger partial charge in [0.2, 0.25) is 0 Å². The summed E-state index contributed by atoms with van der Waals surface area (Å²) in [7, 11) is 0. The van der Waals surface area contributed by atoms with Gasteiger partial charge in [0.25, 0.3) is 0 Å². The van der Waals surface area contributed by atoms with Crippen LogP contribution in [0, 0.1) is 27.7 Å². The molecule has 2 aromatic heterocycles. The number of carbonyl (C=O) groups is 4. The van der Waals surface area contributed by atoms with Gasteiger partial charge in [0, 0.05) is 61.8 Å². The Morgan fingerprint density at radius 3 is 1.14 bits per heavy atom. The van der Waals surface area contributed by atoms with Crippen LogP contribution in [0.2, 0.25) is 0 Å². The molecule has 0 aromatic carbocycles. The van der Waals surface area contributed by atoms with Crippen LogP contribution in [-0.2, 0) is 50.2 Å². The van der Waals surface area contributed by atoms with Gasteiger partial charge in [-0.15, -0.1) is 0 Å². The average molecular weight is 641 g/mol. The quantitative estimate of drug-likeness (QED) is 0.139. The number of aromatic nitrogens is 4. The number of carbonyl (C=O) groups excluding carboxylic acids is 4. The first-order valence-electron chi connectivity index (χ1n) is 12.2. The molecule has 0 saturated heterocycles. The first-order chi connectivity index (χ1) is 18.3. The van der Waals surface area contributed by atoms with E-state index in [1.165, 1.54) is 9.80 Å². The fourth-order valence-corrected chi connectivity index (χ4v) is 4.21. The molecule has 0 unspecified atom stereocenters. The first kappa shape index (κ1) is 47.6. The van der Waals surface area contributed by atoms with E-state index in [4.69, 9.17) is 4.74 Å². The zero-order chi connectivity index (χ0) is 29.3. The third-order valence-corrected chi connectivity index (χ3v) is 6.22. The molecule has 0 N–H and O–H groups in total. The molecule has 19 heteroatoms. The molecule has 0 radical (unpaired) electrons. The molecule has 0 aliphatic heterocycles. The van der Waals surface area contributed by atoms with Crippen LogP contribution in [0.3, 0.4) is 0 Å². The van der Waals surface area contributed by atoms with Crippen LogP contribution in [-0.4, -0.2) is 92.5 Å². The maximum Gasteiger partial charge on any atom is 1.00 e. The molecule has 0 aliphatic rings. The van der Waals surface area contributed by atoms with Gasteiger partial charge in [0.15, 0.2) is 0 Å². The Kier molecular flexibility index (Phi) is 26.0. The van der Waals surface area contributed by atoms with Gasteiger partial charge in [-0.1, -0.05) is 0 Å². The molecule has 15 nitrogen and oxygen atoms in total. The summed E-state index contributed by atoms with van der Waals surface area (Å²) in [5.74, 6) is -5.56. The van der Waals surface area contributed by atoms with E-state index in [0.29, 0.717) is 11.4 Å². The third-order valence-electron chi connectivity index (χ3n) is 6.22. The molecule has 2 aromatic rings. The number of nitrogens with zero attached hydrogens (tertiary/aromatic N) is 6. The Balaban J connectivity index is -0.00000400. The summed E-state index contributed by atoms with van der Waals surface area (Å²) in [5, 5.41) is 52.5. The van der Waals surface area contributed by atoms with E-state index in [-0.39, 0.29) is 158 Å². The molecular weight excluding hydrogens is 608 g/mol. The molecule has 216 valence electrons. The van der Waals surface area contributed by atoms with E-state index in [1.807, 2.05) is 27.7 Å². The van der Waals surface area contributed by atoms with Crippen molar-refractivity contribution in [3.63, 3.8) is 0 Å². The number of carboxylic acids is 4. The minimum absolute atomic E-state index is 0. The summed E-state index contributed by atoms with van der Waals surface area (Å²) in [6.45, 7) is 6.32. The number of rotatable bonds is 18. The fraction of sp³-hybridized carbons (Fsp3) is 0.583. The number of ether oxygens (including phenoxy) is 1. The Labute approximate surface area is 338 Å². The van der Waals surface area contributed by atoms with Crippen LogP contribution in [0.4, 0.5) is 0 Å². The van der Waals surface area contributed by atoms with Crippen LogP contribution >= 0.6 is 0 Å². The minimum Gasteiger partial charge on any atom is -0.549 e. The van der Waals surface area contributed by atoms with Crippen molar-refractivity contribution in [1.82, 2.24) is 29.4 Å². The number of hydrogen-bond donors (Lipinski definition) is 0. The van der Waals surface area contributed by atoms with Crippen LogP contribution in [0.15, 0.2) is 0 Å². The number of aliphatic carboxylic acids is 4. The van der Waals surface area contributed by atoms with Crippen LogP contribution in [0.1, 0.15) is 33.9 Å². The summed E-state index contributed by atoms with van der Waals surface area (Å²) < 4.78 is 9.26. The number of carboxylic acid groups (broad SMARTS) is 4. The van der Waals surface area contributed by atoms with Crippen molar-refractivity contribution in [3.05, 3.63) is 33.9 Å². The van der Waals surface area contributed by atoms with Crippen LogP contribution in [0.5, 0.6) is 0 Å². The molecule has 2 heterocycles. The minimum atomic E-state index is -1.39. The Bertz CT molecular complexity index is 1090. The predicted octanol–water partition coefficient (Wildman–Crippen LogP) is -17.4. The van der Waals surface area contributed by atoms with Gasteiger partial charge in [-0.2, -0.15) is 10.2 Å². The fourth-order valence-electron chi connectivity index (χ4n) is 4.21. The van der Waals surface area contributed by atoms with Crippen molar-refractivity contribution in [2.45, 2.75) is 54.0 Å². The third kappa shape index (κ3) is 16.5. The SMILES string of the molecule is Cc1nn(CCN(CC(=O)[O-])CC(=O)[O-])c(C)c1COCc1c(C)nn(CCN(CC(=O)[O-])CC(=O)[O-])c1C.[Na+].[Na+].[Na+].[Na+]. The van der Waals surface area contributed by atoms with Crippen molar-refractivity contribution in [2.75, 3.05) is 39.3 Å². The molecule has 0 amide bonds. The topological polar surface area (TPSA) is 212 Å². The van der Waals surface area contributed by atoms with Crippen molar-refractivity contribution < 1.29 is 163 Å². The molecule has 0 atom stereocenters. The summed E-state index contributed by atoms with van der Waals surface area (Å²) >= 11 is 0. The smallest absolute Gasteiger partial charge is 0.549 e. The predicted molar refractivity (Wildman–Crippen MR) is 125 cm³/mol.